The van der Waals surface area contributed by atoms with Crippen molar-refractivity contribution in [1.82, 2.24) is 16.0 Å². The first-order valence-electron chi connectivity index (χ1n) is 10.1. The van der Waals surface area contributed by atoms with E-state index in [2.05, 4.69) is 16.0 Å². The van der Waals surface area contributed by atoms with Crippen molar-refractivity contribution in [1.29, 1.82) is 0 Å². The van der Waals surface area contributed by atoms with Gasteiger partial charge in [-0.3, -0.25) is 28.8 Å². The van der Waals surface area contributed by atoms with E-state index in [4.69, 9.17) is 28.0 Å². The Kier molecular flexibility index (Phi) is 13.4. The summed E-state index contributed by atoms with van der Waals surface area (Å²) >= 11 is 0. The third kappa shape index (κ3) is 12.3. The summed E-state index contributed by atoms with van der Waals surface area (Å²) in [4.78, 5) is 82.0. The number of carbonyl (C=O) groups excluding carboxylic acids is 6. The summed E-state index contributed by atoms with van der Waals surface area (Å²) in [6.45, 7) is -0.735. The van der Waals surface area contributed by atoms with Gasteiger partial charge in [-0.2, -0.15) is 0 Å². The van der Waals surface area contributed by atoms with Crippen molar-refractivity contribution in [2.45, 2.75) is 62.7 Å². The van der Waals surface area contributed by atoms with Gasteiger partial charge in [0.1, 0.15) is 24.2 Å². The highest BCUT2D eigenvalue weighted by molar-refractivity contribution is 5.94. The number of aliphatic hydroxyl groups is 1. The molecule has 13 N–H and O–H groups in total. The molecule has 16 nitrogen and oxygen atoms in total. The van der Waals surface area contributed by atoms with Gasteiger partial charge in [0, 0.05) is 19.3 Å². The van der Waals surface area contributed by atoms with Crippen LogP contribution in [0.3, 0.4) is 0 Å². The number of hydrogen-bond donors (Lipinski definition) is 9. The molecule has 0 saturated heterocycles. The smallest absolute Gasteiger partial charge is 0.326 e. The van der Waals surface area contributed by atoms with Crippen molar-refractivity contribution in [3.63, 3.8) is 0 Å². The number of rotatable bonds is 17. The molecule has 0 saturated carbocycles. The van der Waals surface area contributed by atoms with Crippen LogP contribution < -0.4 is 38.9 Å². The van der Waals surface area contributed by atoms with Crippen LogP contribution in [0.25, 0.3) is 0 Å². The minimum atomic E-state index is -1.53. The molecule has 192 valence electrons. The van der Waals surface area contributed by atoms with Crippen LogP contribution in [0.15, 0.2) is 0 Å². The van der Waals surface area contributed by atoms with E-state index in [1.807, 2.05) is 0 Å². The van der Waals surface area contributed by atoms with Crippen molar-refractivity contribution in [3.05, 3.63) is 0 Å². The molecule has 6 amide bonds. The molecule has 0 aromatic rings. The van der Waals surface area contributed by atoms with Crippen molar-refractivity contribution in [3.8, 4) is 0 Å². The molecule has 0 aliphatic heterocycles. The summed E-state index contributed by atoms with van der Waals surface area (Å²) < 4.78 is 0. The van der Waals surface area contributed by atoms with E-state index in [1.165, 1.54) is 0 Å². The maximum Gasteiger partial charge on any atom is 0.326 e. The fraction of sp³-hybridized carbons (Fsp3) is 0.611. The van der Waals surface area contributed by atoms with Gasteiger partial charge in [0.2, 0.25) is 35.4 Å². The molecule has 0 aliphatic carbocycles. The van der Waals surface area contributed by atoms with E-state index < -0.39 is 72.2 Å². The van der Waals surface area contributed by atoms with Gasteiger partial charge in [-0.05, 0) is 19.3 Å². The minimum Gasteiger partial charge on any atom is -0.480 e. The van der Waals surface area contributed by atoms with Crippen LogP contribution in [0.5, 0.6) is 0 Å². The van der Waals surface area contributed by atoms with Crippen molar-refractivity contribution < 1.29 is 43.8 Å². The first kappa shape index (κ1) is 30.2. The third-order valence-corrected chi connectivity index (χ3v) is 4.45. The second-order valence-corrected chi connectivity index (χ2v) is 7.33. The number of nitrogens with one attached hydrogen (secondary N) is 3. The number of primary amides is 3. The fourth-order valence-corrected chi connectivity index (χ4v) is 2.56. The number of carbonyl (C=O) groups is 7. The molecule has 0 fully saturated rings. The van der Waals surface area contributed by atoms with Crippen LogP contribution in [0.1, 0.15) is 38.5 Å². The van der Waals surface area contributed by atoms with Gasteiger partial charge in [-0.1, -0.05) is 0 Å². The molecule has 0 aromatic heterocycles. The predicted octanol–water partition coefficient (Wildman–Crippen LogP) is -5.36. The zero-order valence-corrected chi connectivity index (χ0v) is 18.3. The average molecular weight is 489 g/mol. The number of amides is 6. The van der Waals surface area contributed by atoms with Crippen LogP contribution in [0.2, 0.25) is 0 Å². The molecule has 34 heavy (non-hydrogen) atoms. The lowest BCUT2D eigenvalue weighted by atomic mass is 10.1. The van der Waals surface area contributed by atoms with Gasteiger partial charge in [-0.25, -0.2) is 4.79 Å². The van der Waals surface area contributed by atoms with E-state index in [-0.39, 0.29) is 38.5 Å². The second kappa shape index (κ2) is 15.1. The molecule has 0 heterocycles. The molecule has 0 aromatic carbocycles. The maximum atomic E-state index is 12.7. The summed E-state index contributed by atoms with van der Waals surface area (Å²) in [7, 11) is 0. The Bertz CT molecular complexity index is 790. The summed E-state index contributed by atoms with van der Waals surface area (Å²) in [5.41, 5.74) is 20.5. The highest BCUT2D eigenvalue weighted by Crippen LogP contribution is 2.05. The third-order valence-electron chi connectivity index (χ3n) is 4.45. The monoisotopic (exact) mass is 489 g/mol. The molecule has 16 heteroatoms. The standard InChI is InChI=1S/C18H31N7O9/c19-8(7-26)15(30)23-9(1-4-12(20)27)16(31)24-10(2-5-13(21)28)17(32)25-11(18(33)34)3-6-14(22)29/h8-11,26H,1-7,19H2,(H2,20,27)(H2,21,28)(H2,22,29)(H,23,30)(H,24,31)(H,25,32)(H,33,34). The minimum absolute atomic E-state index is 0.286. The molecule has 4 unspecified atom stereocenters. The van der Waals surface area contributed by atoms with Crippen molar-refractivity contribution >= 4 is 41.4 Å². The lowest BCUT2D eigenvalue weighted by Crippen LogP contribution is -2.57. The van der Waals surface area contributed by atoms with Crippen molar-refractivity contribution in [2.24, 2.45) is 22.9 Å². The topological polar surface area (TPSA) is 300 Å². The molecule has 0 aliphatic rings. The Morgan fingerprint density at radius 3 is 1.26 bits per heavy atom. The van der Waals surface area contributed by atoms with Crippen LogP contribution in [-0.4, -0.2) is 82.4 Å². The van der Waals surface area contributed by atoms with Gasteiger partial charge >= 0.3 is 5.97 Å². The number of aliphatic hydroxyl groups excluding tert-OH is 1. The highest BCUT2D eigenvalue weighted by Gasteiger charge is 2.30. The second-order valence-electron chi connectivity index (χ2n) is 7.33. The van der Waals surface area contributed by atoms with Gasteiger partial charge < -0.3 is 49.1 Å². The zero-order chi connectivity index (χ0) is 26.4. The van der Waals surface area contributed by atoms with E-state index in [9.17, 15) is 38.7 Å². The molecular weight excluding hydrogens is 458 g/mol. The van der Waals surface area contributed by atoms with Gasteiger partial charge in [0.15, 0.2) is 0 Å². The van der Waals surface area contributed by atoms with Gasteiger partial charge in [0.05, 0.1) is 6.61 Å². The SMILES string of the molecule is NC(=O)CCC(NC(=O)C(CCC(N)=O)NC(=O)C(CCC(N)=O)NC(=O)C(N)CO)C(=O)O. The van der Waals surface area contributed by atoms with Crippen LogP contribution >= 0.6 is 0 Å². The van der Waals surface area contributed by atoms with Crippen LogP contribution in [-0.2, 0) is 33.6 Å². The molecule has 4 atom stereocenters. The number of hydrogen-bond acceptors (Lipinski definition) is 9. The largest absolute Gasteiger partial charge is 0.480 e. The number of aliphatic carboxylic acids is 1. The Morgan fingerprint density at radius 2 is 0.941 bits per heavy atom. The lowest BCUT2D eigenvalue weighted by molar-refractivity contribution is -0.142. The molecule has 0 rings (SSSR count). The number of carboxylic acids is 1. The normalized spacial score (nSPS) is 14.1. The van der Waals surface area contributed by atoms with Gasteiger partial charge in [-0.15, -0.1) is 0 Å². The van der Waals surface area contributed by atoms with E-state index in [1.54, 1.807) is 0 Å². The van der Waals surface area contributed by atoms with E-state index in [0.717, 1.165) is 0 Å². The van der Waals surface area contributed by atoms with Gasteiger partial charge in [0.25, 0.3) is 0 Å². The first-order valence-corrected chi connectivity index (χ1v) is 10.1. The lowest BCUT2D eigenvalue weighted by Gasteiger charge is -2.24. The summed E-state index contributed by atoms with van der Waals surface area (Å²) in [6, 6.07) is -5.79. The summed E-state index contributed by atoms with van der Waals surface area (Å²) in [5, 5.41) is 24.8. The van der Waals surface area contributed by atoms with Crippen LogP contribution in [0.4, 0.5) is 0 Å². The van der Waals surface area contributed by atoms with Crippen LogP contribution in [0, 0.1) is 0 Å². The number of carboxylic acid groups (broad SMARTS) is 1. The first-order chi connectivity index (χ1) is 15.8. The summed E-state index contributed by atoms with van der Waals surface area (Å²) in [5.74, 6) is -6.80. The van der Waals surface area contributed by atoms with E-state index in [0.29, 0.717) is 0 Å². The number of nitrogens with two attached hydrogens (primary N) is 4. The van der Waals surface area contributed by atoms with Crippen molar-refractivity contribution in [2.75, 3.05) is 6.61 Å². The Morgan fingerprint density at radius 1 is 0.618 bits per heavy atom. The highest BCUT2D eigenvalue weighted by atomic mass is 16.4. The Hall–Kier alpha value is -3.79. The quantitative estimate of drug-likeness (QED) is 0.0933. The molecular formula is C18H31N7O9. The molecule has 0 bridgehead atoms. The fourth-order valence-electron chi connectivity index (χ4n) is 2.56. The molecule has 0 radical (unpaired) electrons. The predicted molar refractivity (Wildman–Crippen MR) is 114 cm³/mol. The average Bonchev–Trinajstić information content (AvgIpc) is 2.74. The van der Waals surface area contributed by atoms with E-state index >= 15 is 0 Å². The summed E-state index contributed by atoms with van der Waals surface area (Å²) in [6.07, 6.45) is -2.00. The molecule has 0 spiro atoms. The Labute approximate surface area is 194 Å². The maximum absolute atomic E-state index is 12.7. The zero-order valence-electron chi connectivity index (χ0n) is 18.3. The Balaban J connectivity index is 5.59.